The van der Waals surface area contributed by atoms with E-state index in [1.165, 1.54) is 49.2 Å². The molecule has 0 unspecified atom stereocenters. The topological polar surface area (TPSA) is 42.2 Å². The van der Waals surface area contributed by atoms with Gasteiger partial charge in [0.15, 0.2) is 5.82 Å². The molecule has 0 radical (unpaired) electrons. The average molecular weight is 368 g/mol. The second-order valence-electron chi connectivity index (χ2n) is 6.96. The van der Waals surface area contributed by atoms with E-state index in [9.17, 15) is 0 Å². The highest BCUT2D eigenvalue weighted by Gasteiger charge is 2.14. The highest BCUT2D eigenvalue weighted by Crippen LogP contribution is 2.28. The first-order valence-electron chi connectivity index (χ1n) is 9.55. The Labute approximate surface area is 158 Å². The summed E-state index contributed by atoms with van der Waals surface area (Å²) in [6, 6.07) is 14.8. The van der Waals surface area contributed by atoms with Gasteiger partial charge in [0.25, 0.3) is 5.89 Å². The minimum atomic E-state index is 0.653. The van der Waals surface area contributed by atoms with Crippen LogP contribution in [0.25, 0.3) is 10.8 Å². The molecule has 0 N–H and O–H groups in total. The Bertz CT molecular complexity index is 804. The molecule has 3 aromatic rings. The van der Waals surface area contributed by atoms with Crippen molar-refractivity contribution in [2.75, 3.05) is 13.1 Å². The van der Waals surface area contributed by atoms with Gasteiger partial charge in [0, 0.05) is 17.8 Å². The first-order chi connectivity index (χ1) is 12.9. The van der Waals surface area contributed by atoms with E-state index in [1.54, 1.807) is 11.3 Å². The molecule has 4 nitrogen and oxygen atoms in total. The molecule has 26 heavy (non-hydrogen) atoms. The third kappa shape index (κ3) is 4.59. The number of aromatic nitrogens is 2. The summed E-state index contributed by atoms with van der Waals surface area (Å²) in [5, 5.41) is 4.16. The van der Waals surface area contributed by atoms with E-state index in [-0.39, 0.29) is 0 Å². The molecule has 1 saturated heterocycles. The number of hydrogen-bond acceptors (Lipinski definition) is 5. The molecule has 1 aliphatic rings. The van der Waals surface area contributed by atoms with Crippen LogP contribution in [0.1, 0.15) is 41.9 Å². The van der Waals surface area contributed by atoms with Gasteiger partial charge in [-0.15, -0.1) is 11.3 Å². The monoisotopic (exact) mass is 367 g/mol. The van der Waals surface area contributed by atoms with Crippen LogP contribution in [0.4, 0.5) is 0 Å². The molecule has 0 atom stereocenters. The number of aryl methyl sites for hydroxylation is 2. The van der Waals surface area contributed by atoms with Gasteiger partial charge in [0.05, 0.1) is 4.88 Å². The second kappa shape index (κ2) is 8.60. The summed E-state index contributed by atoms with van der Waals surface area (Å²) < 4.78 is 5.50. The van der Waals surface area contributed by atoms with Gasteiger partial charge in [0.2, 0.25) is 0 Å². The van der Waals surface area contributed by atoms with Gasteiger partial charge in [0.1, 0.15) is 0 Å². The lowest BCUT2D eigenvalue weighted by molar-refractivity contribution is 0.279. The second-order valence-corrected chi connectivity index (χ2v) is 8.13. The summed E-state index contributed by atoms with van der Waals surface area (Å²) in [5.41, 5.74) is 1.30. The molecule has 0 aliphatic carbocycles. The summed E-state index contributed by atoms with van der Waals surface area (Å²) in [6.07, 6.45) is 7.14. The van der Waals surface area contributed by atoms with E-state index in [1.807, 2.05) is 6.07 Å². The van der Waals surface area contributed by atoms with Crippen LogP contribution in [0.3, 0.4) is 0 Å². The van der Waals surface area contributed by atoms with Crippen molar-refractivity contribution < 1.29 is 4.52 Å². The lowest BCUT2D eigenvalue weighted by Crippen LogP contribution is -2.23. The lowest BCUT2D eigenvalue weighted by atomic mass is 10.1. The number of hydrogen-bond donors (Lipinski definition) is 0. The maximum absolute atomic E-state index is 5.50. The van der Waals surface area contributed by atoms with Crippen LogP contribution >= 0.6 is 11.3 Å². The zero-order valence-corrected chi connectivity index (χ0v) is 15.9. The molecule has 0 amide bonds. The summed E-state index contributed by atoms with van der Waals surface area (Å²) in [5.74, 6) is 1.44. The van der Waals surface area contributed by atoms with Crippen molar-refractivity contribution >= 4 is 11.3 Å². The van der Waals surface area contributed by atoms with Crippen molar-refractivity contribution in [2.24, 2.45) is 0 Å². The van der Waals surface area contributed by atoms with Gasteiger partial charge in [-0.25, -0.2) is 0 Å². The Hall–Kier alpha value is -1.98. The largest absolute Gasteiger partial charge is 0.333 e. The molecule has 0 spiro atoms. The average Bonchev–Trinajstić information content (AvgIpc) is 3.25. The molecule has 1 fully saturated rings. The van der Waals surface area contributed by atoms with E-state index < -0.39 is 0 Å². The molecular formula is C21H25N3OS. The molecule has 1 aliphatic heterocycles. The fourth-order valence-electron chi connectivity index (χ4n) is 3.45. The van der Waals surface area contributed by atoms with Crippen molar-refractivity contribution in [1.82, 2.24) is 15.0 Å². The smallest absolute Gasteiger partial charge is 0.267 e. The highest BCUT2D eigenvalue weighted by atomic mass is 32.1. The number of benzene rings is 1. The van der Waals surface area contributed by atoms with Crippen LogP contribution in [0.15, 0.2) is 47.0 Å². The van der Waals surface area contributed by atoms with Crippen molar-refractivity contribution in [3.63, 3.8) is 0 Å². The third-order valence-corrected chi connectivity index (χ3v) is 5.96. The lowest BCUT2D eigenvalue weighted by Gasteiger charge is -2.18. The maximum atomic E-state index is 5.50. The van der Waals surface area contributed by atoms with Crippen LogP contribution in [0.5, 0.6) is 0 Å². The summed E-state index contributed by atoms with van der Waals surface area (Å²) in [4.78, 5) is 9.62. The van der Waals surface area contributed by atoms with Crippen molar-refractivity contribution in [3.8, 4) is 10.8 Å². The highest BCUT2D eigenvalue weighted by molar-refractivity contribution is 7.15. The van der Waals surface area contributed by atoms with E-state index >= 15 is 0 Å². The van der Waals surface area contributed by atoms with E-state index in [2.05, 4.69) is 51.4 Å². The van der Waals surface area contributed by atoms with Crippen molar-refractivity contribution in [2.45, 2.75) is 45.1 Å². The van der Waals surface area contributed by atoms with E-state index in [0.717, 1.165) is 30.1 Å². The molecule has 3 heterocycles. The number of nitrogens with zero attached hydrogens (tertiary/aromatic N) is 3. The molecular weight excluding hydrogens is 342 g/mol. The fraction of sp³-hybridized carbons (Fsp3) is 0.429. The summed E-state index contributed by atoms with van der Waals surface area (Å²) >= 11 is 1.78. The standard InChI is InChI=1S/C21H25N3OS/c1-2-7-15-24(14-6-1)16-18-11-12-19(26-18)21-22-20(23-25-21)13-10-17-8-4-3-5-9-17/h3-5,8-9,11-12H,1-2,6-7,10,13-16H2. The molecule has 4 rings (SSSR count). The maximum Gasteiger partial charge on any atom is 0.267 e. The van der Waals surface area contributed by atoms with E-state index in [4.69, 9.17) is 4.52 Å². The SMILES string of the molecule is c1ccc(CCc2noc(-c3ccc(CN4CCCCCC4)s3)n2)cc1. The number of rotatable bonds is 6. The Morgan fingerprint density at radius 2 is 1.73 bits per heavy atom. The van der Waals surface area contributed by atoms with Gasteiger partial charge in [-0.05, 0) is 50.0 Å². The molecule has 136 valence electrons. The quantitative estimate of drug-likeness (QED) is 0.617. The predicted octanol–water partition coefficient (Wildman–Crippen LogP) is 4.96. The van der Waals surface area contributed by atoms with E-state index in [0.29, 0.717) is 5.89 Å². The Kier molecular flexibility index (Phi) is 5.77. The minimum absolute atomic E-state index is 0.653. The normalized spacial score (nSPS) is 15.8. The van der Waals surface area contributed by atoms with Crippen LogP contribution in [-0.4, -0.2) is 28.1 Å². The zero-order chi connectivity index (χ0) is 17.6. The molecule has 0 bridgehead atoms. The van der Waals surface area contributed by atoms with Gasteiger partial charge in [-0.3, -0.25) is 4.90 Å². The van der Waals surface area contributed by atoms with Gasteiger partial charge < -0.3 is 4.52 Å². The molecule has 1 aromatic carbocycles. The Morgan fingerprint density at radius 1 is 0.923 bits per heavy atom. The molecule has 2 aromatic heterocycles. The predicted molar refractivity (Wildman–Crippen MR) is 105 cm³/mol. The zero-order valence-electron chi connectivity index (χ0n) is 15.1. The third-order valence-electron chi connectivity index (χ3n) is 4.90. The van der Waals surface area contributed by atoms with Gasteiger partial charge in [-0.2, -0.15) is 4.98 Å². The first-order valence-corrected chi connectivity index (χ1v) is 10.4. The van der Waals surface area contributed by atoms with Crippen LogP contribution in [0.2, 0.25) is 0 Å². The summed E-state index contributed by atoms with van der Waals surface area (Å²) in [6.45, 7) is 3.48. The molecule has 5 heteroatoms. The van der Waals surface area contributed by atoms with Crippen LogP contribution in [-0.2, 0) is 19.4 Å². The minimum Gasteiger partial charge on any atom is -0.333 e. The molecule has 0 saturated carbocycles. The van der Waals surface area contributed by atoms with Crippen molar-refractivity contribution in [1.29, 1.82) is 0 Å². The first kappa shape index (κ1) is 17.4. The van der Waals surface area contributed by atoms with Crippen LogP contribution < -0.4 is 0 Å². The Morgan fingerprint density at radius 3 is 2.54 bits per heavy atom. The number of likely N-dealkylation sites (tertiary alicyclic amines) is 1. The fourth-order valence-corrected chi connectivity index (χ4v) is 4.42. The van der Waals surface area contributed by atoms with Crippen molar-refractivity contribution in [3.05, 3.63) is 58.7 Å². The van der Waals surface area contributed by atoms with Crippen LogP contribution in [0, 0.1) is 0 Å². The Balaban J connectivity index is 1.36. The summed E-state index contributed by atoms with van der Waals surface area (Å²) in [7, 11) is 0. The van der Waals surface area contributed by atoms with Gasteiger partial charge in [-0.1, -0.05) is 48.3 Å². The number of thiophene rings is 1. The van der Waals surface area contributed by atoms with Gasteiger partial charge >= 0.3 is 0 Å².